The maximum atomic E-state index is 12.4. The van der Waals surface area contributed by atoms with Crippen molar-refractivity contribution in [2.45, 2.75) is 45.1 Å². The van der Waals surface area contributed by atoms with Gasteiger partial charge in [-0.3, -0.25) is 4.79 Å². The second-order valence-electron chi connectivity index (χ2n) is 5.16. The molecule has 0 aromatic heterocycles. The lowest BCUT2D eigenvalue weighted by molar-refractivity contribution is -0.149. The zero-order valence-electron chi connectivity index (χ0n) is 12.7. The number of hydrogen-bond donors (Lipinski definition) is 1. The maximum Gasteiger partial charge on any atom is 0.328 e. The van der Waals surface area contributed by atoms with Crippen LogP contribution < -0.4 is 0 Å². The van der Waals surface area contributed by atoms with E-state index in [9.17, 15) is 14.4 Å². The highest BCUT2D eigenvalue weighted by Gasteiger charge is 2.34. The van der Waals surface area contributed by atoms with E-state index in [1.807, 2.05) is 0 Å². The summed E-state index contributed by atoms with van der Waals surface area (Å²) < 4.78 is 5.03. The van der Waals surface area contributed by atoms with Crippen LogP contribution >= 0.6 is 0 Å². The van der Waals surface area contributed by atoms with E-state index in [0.717, 1.165) is 12.8 Å². The van der Waals surface area contributed by atoms with Gasteiger partial charge < -0.3 is 19.6 Å². The molecule has 1 rings (SSSR count). The fourth-order valence-electron chi connectivity index (χ4n) is 2.43. The maximum absolute atomic E-state index is 12.4. The van der Waals surface area contributed by atoms with E-state index >= 15 is 0 Å². The topological polar surface area (TPSA) is 87.2 Å². The minimum atomic E-state index is -0.877. The summed E-state index contributed by atoms with van der Waals surface area (Å²) in [6, 6.07) is -0.758. The fraction of sp³-hybridized carbons (Fsp3) is 0.786. The number of esters is 1. The van der Waals surface area contributed by atoms with E-state index in [1.54, 1.807) is 18.9 Å². The molecule has 0 radical (unpaired) electrons. The number of piperidine rings is 1. The van der Waals surface area contributed by atoms with Crippen LogP contribution in [0, 0.1) is 0 Å². The standard InChI is InChI=1S/C14H24N2O5/c1-3-21-13(19)11-7-4-5-10-16(11)14(20)15(2)9-6-8-12(17)18/h11H,3-10H2,1-2H3,(H,17,18). The van der Waals surface area contributed by atoms with Crippen molar-refractivity contribution in [2.75, 3.05) is 26.7 Å². The Labute approximate surface area is 124 Å². The van der Waals surface area contributed by atoms with Crippen LogP contribution in [-0.4, -0.2) is 65.7 Å². The van der Waals surface area contributed by atoms with Crippen molar-refractivity contribution in [1.82, 2.24) is 9.80 Å². The van der Waals surface area contributed by atoms with Crippen molar-refractivity contribution >= 4 is 18.0 Å². The lowest BCUT2D eigenvalue weighted by Gasteiger charge is -2.36. The molecule has 1 heterocycles. The number of urea groups is 1. The third kappa shape index (κ3) is 5.24. The Kier molecular flexibility index (Phi) is 6.98. The fourth-order valence-corrected chi connectivity index (χ4v) is 2.43. The number of rotatable bonds is 6. The number of nitrogens with zero attached hydrogens (tertiary/aromatic N) is 2. The van der Waals surface area contributed by atoms with Crippen LogP contribution in [0.5, 0.6) is 0 Å². The molecule has 1 atom stereocenters. The van der Waals surface area contributed by atoms with E-state index in [4.69, 9.17) is 9.84 Å². The van der Waals surface area contributed by atoms with Gasteiger partial charge in [0.25, 0.3) is 0 Å². The molecule has 7 heteroatoms. The smallest absolute Gasteiger partial charge is 0.328 e. The van der Waals surface area contributed by atoms with Gasteiger partial charge >= 0.3 is 18.0 Å². The monoisotopic (exact) mass is 300 g/mol. The molecule has 1 fully saturated rings. The number of carbonyl (C=O) groups excluding carboxylic acids is 2. The summed E-state index contributed by atoms with van der Waals surface area (Å²) in [7, 11) is 1.63. The van der Waals surface area contributed by atoms with E-state index < -0.39 is 12.0 Å². The van der Waals surface area contributed by atoms with E-state index in [1.165, 1.54) is 4.90 Å². The summed E-state index contributed by atoms with van der Waals surface area (Å²) in [4.78, 5) is 37.8. The normalized spacial score (nSPS) is 18.2. The van der Waals surface area contributed by atoms with Gasteiger partial charge in [0, 0.05) is 26.6 Å². The second kappa shape index (κ2) is 8.49. The summed E-state index contributed by atoms with van der Waals surface area (Å²) in [6.45, 7) is 2.93. The molecule has 1 aliphatic heterocycles. The molecule has 7 nitrogen and oxygen atoms in total. The van der Waals surface area contributed by atoms with Crippen molar-refractivity contribution in [3.05, 3.63) is 0 Å². The molecule has 0 aromatic carbocycles. The average Bonchev–Trinajstić information content (AvgIpc) is 2.46. The lowest BCUT2D eigenvalue weighted by Crippen LogP contribution is -2.52. The molecule has 0 saturated carbocycles. The van der Waals surface area contributed by atoms with Crippen LogP contribution in [0.4, 0.5) is 4.79 Å². The van der Waals surface area contributed by atoms with Gasteiger partial charge in [0.2, 0.25) is 0 Å². The zero-order chi connectivity index (χ0) is 15.8. The summed E-state index contributed by atoms with van der Waals surface area (Å²) in [6.07, 6.45) is 2.81. The molecule has 1 unspecified atom stereocenters. The first-order chi connectivity index (χ1) is 9.97. The number of carbonyl (C=O) groups is 3. The van der Waals surface area contributed by atoms with Crippen molar-refractivity contribution in [1.29, 1.82) is 0 Å². The zero-order valence-corrected chi connectivity index (χ0v) is 12.7. The highest BCUT2D eigenvalue weighted by atomic mass is 16.5. The van der Waals surface area contributed by atoms with E-state index in [2.05, 4.69) is 0 Å². The summed E-state index contributed by atoms with van der Waals surface area (Å²) >= 11 is 0. The Morgan fingerprint density at radius 1 is 1.33 bits per heavy atom. The van der Waals surface area contributed by atoms with Crippen LogP contribution in [0.25, 0.3) is 0 Å². The van der Waals surface area contributed by atoms with Crippen LogP contribution in [0.2, 0.25) is 0 Å². The molecule has 0 bridgehead atoms. The molecule has 1 saturated heterocycles. The number of ether oxygens (including phenoxy) is 1. The predicted molar refractivity (Wildman–Crippen MR) is 75.9 cm³/mol. The molecule has 0 spiro atoms. The predicted octanol–water partition coefficient (Wildman–Crippen LogP) is 1.32. The minimum Gasteiger partial charge on any atom is -0.481 e. The number of carboxylic acid groups (broad SMARTS) is 1. The van der Waals surface area contributed by atoms with Gasteiger partial charge in [0.1, 0.15) is 6.04 Å². The van der Waals surface area contributed by atoms with Crippen molar-refractivity contribution in [3.63, 3.8) is 0 Å². The summed E-state index contributed by atoms with van der Waals surface area (Å²) in [5, 5.41) is 8.61. The number of hydrogen-bond acceptors (Lipinski definition) is 4. The van der Waals surface area contributed by atoms with Crippen molar-refractivity contribution < 1.29 is 24.2 Å². The molecule has 120 valence electrons. The number of aliphatic carboxylic acids is 1. The lowest BCUT2D eigenvalue weighted by atomic mass is 10.0. The van der Waals surface area contributed by atoms with E-state index in [0.29, 0.717) is 32.5 Å². The van der Waals surface area contributed by atoms with Gasteiger partial charge in [-0.15, -0.1) is 0 Å². The molecule has 21 heavy (non-hydrogen) atoms. The van der Waals surface area contributed by atoms with Gasteiger partial charge in [-0.1, -0.05) is 0 Å². The van der Waals surface area contributed by atoms with Gasteiger partial charge in [0.05, 0.1) is 6.61 Å². The summed E-state index contributed by atoms with van der Waals surface area (Å²) in [5.74, 6) is -1.23. The highest BCUT2D eigenvalue weighted by Crippen LogP contribution is 2.19. The van der Waals surface area contributed by atoms with Crippen LogP contribution in [0.1, 0.15) is 39.0 Å². The van der Waals surface area contributed by atoms with Gasteiger partial charge in [0.15, 0.2) is 0 Å². The summed E-state index contributed by atoms with van der Waals surface area (Å²) in [5.41, 5.74) is 0. The third-order valence-corrected chi connectivity index (χ3v) is 3.52. The first-order valence-corrected chi connectivity index (χ1v) is 7.37. The van der Waals surface area contributed by atoms with Gasteiger partial charge in [-0.05, 0) is 32.6 Å². The molecule has 2 amide bonds. The SMILES string of the molecule is CCOC(=O)C1CCCCN1C(=O)N(C)CCCC(=O)O. The van der Waals surface area contributed by atoms with Crippen molar-refractivity contribution in [3.8, 4) is 0 Å². The van der Waals surface area contributed by atoms with Crippen molar-refractivity contribution in [2.24, 2.45) is 0 Å². The molecular formula is C14H24N2O5. The molecule has 0 aliphatic carbocycles. The minimum absolute atomic E-state index is 0.0267. The molecular weight excluding hydrogens is 276 g/mol. The highest BCUT2D eigenvalue weighted by molar-refractivity contribution is 5.83. The number of amides is 2. The first kappa shape index (κ1) is 17.3. The van der Waals surface area contributed by atoms with Crippen LogP contribution in [0.15, 0.2) is 0 Å². The quantitative estimate of drug-likeness (QED) is 0.748. The number of carboxylic acids is 1. The Morgan fingerprint density at radius 2 is 2.05 bits per heavy atom. The first-order valence-electron chi connectivity index (χ1n) is 7.37. The third-order valence-electron chi connectivity index (χ3n) is 3.52. The molecule has 1 N–H and O–H groups in total. The average molecular weight is 300 g/mol. The Bertz CT molecular complexity index is 386. The Balaban J connectivity index is 2.59. The Hall–Kier alpha value is -1.79. The van der Waals surface area contributed by atoms with Gasteiger partial charge in [-0.2, -0.15) is 0 Å². The van der Waals surface area contributed by atoms with Crippen LogP contribution in [-0.2, 0) is 14.3 Å². The van der Waals surface area contributed by atoms with E-state index in [-0.39, 0.29) is 18.4 Å². The largest absolute Gasteiger partial charge is 0.481 e. The molecule has 0 aromatic rings. The Morgan fingerprint density at radius 3 is 2.67 bits per heavy atom. The molecule has 1 aliphatic rings. The second-order valence-corrected chi connectivity index (χ2v) is 5.16. The number of likely N-dealkylation sites (tertiary alicyclic amines) is 1. The van der Waals surface area contributed by atoms with Crippen LogP contribution in [0.3, 0.4) is 0 Å². The van der Waals surface area contributed by atoms with Gasteiger partial charge in [-0.25, -0.2) is 9.59 Å².